The third kappa shape index (κ3) is 66.3. The Kier molecular flexibility index (Phi) is 66.1. The highest BCUT2D eigenvalue weighted by Gasteiger charge is 2.19. The molecule has 0 aromatic heterocycles. The van der Waals surface area contributed by atoms with Crippen molar-refractivity contribution < 1.29 is 28.6 Å². The van der Waals surface area contributed by atoms with Gasteiger partial charge in [0.15, 0.2) is 6.10 Å². The first-order chi connectivity index (χ1) is 39.0. The molecule has 0 amide bonds. The van der Waals surface area contributed by atoms with Gasteiger partial charge in [0, 0.05) is 19.3 Å². The largest absolute Gasteiger partial charge is 0.462 e. The Balaban J connectivity index is 4.18. The molecule has 0 spiro atoms. The zero-order valence-corrected chi connectivity index (χ0v) is 53.4. The van der Waals surface area contributed by atoms with Crippen molar-refractivity contribution in [1.82, 2.24) is 0 Å². The molecule has 6 heteroatoms. The average molecular weight is 1110 g/mol. The molecule has 0 rings (SSSR count). The fourth-order valence-electron chi connectivity index (χ4n) is 10.8. The minimum Gasteiger partial charge on any atom is -0.462 e. The Morgan fingerprint density at radius 1 is 0.253 bits per heavy atom. The molecule has 6 nitrogen and oxygen atoms in total. The summed E-state index contributed by atoms with van der Waals surface area (Å²) in [4.78, 5) is 38.4. The first-order valence-electron chi connectivity index (χ1n) is 35.5. The highest BCUT2D eigenvalue weighted by molar-refractivity contribution is 5.71. The van der Waals surface area contributed by atoms with E-state index >= 15 is 0 Å². The number of hydrogen-bond donors (Lipinski definition) is 0. The van der Waals surface area contributed by atoms with Crippen LogP contribution in [-0.4, -0.2) is 37.2 Å². The summed E-state index contributed by atoms with van der Waals surface area (Å²) in [6, 6.07) is 0. The molecule has 464 valence electrons. The van der Waals surface area contributed by atoms with E-state index in [4.69, 9.17) is 14.2 Å². The lowest BCUT2D eigenvalue weighted by molar-refractivity contribution is -0.167. The second kappa shape index (κ2) is 68.1. The first kappa shape index (κ1) is 76.6. The quantitative estimate of drug-likeness (QED) is 0.0261. The highest BCUT2D eigenvalue weighted by Crippen LogP contribution is 2.18. The number of allylic oxidation sites excluding steroid dienone is 6. The van der Waals surface area contributed by atoms with Gasteiger partial charge in [-0.2, -0.15) is 0 Å². The van der Waals surface area contributed by atoms with Crippen LogP contribution in [0.2, 0.25) is 0 Å². The molecule has 0 aromatic rings. The molecule has 0 bridgehead atoms. The van der Waals surface area contributed by atoms with Gasteiger partial charge in [0.1, 0.15) is 13.2 Å². The molecule has 0 aliphatic heterocycles. The number of esters is 3. The molecule has 0 aliphatic rings. The summed E-state index contributed by atoms with van der Waals surface area (Å²) in [5, 5.41) is 0. The van der Waals surface area contributed by atoms with Gasteiger partial charge in [-0.25, -0.2) is 0 Å². The van der Waals surface area contributed by atoms with Crippen LogP contribution in [0.1, 0.15) is 393 Å². The van der Waals surface area contributed by atoms with Crippen LogP contribution in [0.5, 0.6) is 0 Å². The van der Waals surface area contributed by atoms with E-state index in [9.17, 15) is 14.4 Å². The van der Waals surface area contributed by atoms with E-state index in [1.54, 1.807) is 0 Å². The number of hydrogen-bond acceptors (Lipinski definition) is 6. The SMILES string of the molecule is CCCCCCC/C=C\C/C=C\CCCCCCCCCCCCCCCC(=O)OCC(COC(=O)CCCCCCCCCCCCC)OC(=O)CCCCCCCCCCCCCCC/C=C\CCCCCCCCCC. The summed E-state index contributed by atoms with van der Waals surface area (Å²) in [5.74, 6) is -0.841. The zero-order valence-electron chi connectivity index (χ0n) is 53.4. The van der Waals surface area contributed by atoms with Crippen LogP contribution in [0.3, 0.4) is 0 Å². The van der Waals surface area contributed by atoms with Crippen LogP contribution >= 0.6 is 0 Å². The van der Waals surface area contributed by atoms with Gasteiger partial charge in [-0.05, 0) is 77.0 Å². The molecule has 0 aliphatic carbocycles. The van der Waals surface area contributed by atoms with Crippen molar-refractivity contribution in [2.75, 3.05) is 13.2 Å². The van der Waals surface area contributed by atoms with E-state index < -0.39 is 6.10 Å². The summed E-state index contributed by atoms with van der Waals surface area (Å²) in [5.41, 5.74) is 0. The number of carbonyl (C=O) groups excluding carboxylic acids is 3. The highest BCUT2D eigenvalue weighted by atomic mass is 16.6. The van der Waals surface area contributed by atoms with Crippen LogP contribution in [0, 0.1) is 0 Å². The van der Waals surface area contributed by atoms with Gasteiger partial charge in [-0.15, -0.1) is 0 Å². The fourth-order valence-corrected chi connectivity index (χ4v) is 10.8. The summed E-state index contributed by atoms with van der Waals surface area (Å²) in [6.45, 7) is 6.69. The Morgan fingerprint density at radius 2 is 0.456 bits per heavy atom. The van der Waals surface area contributed by atoms with Crippen molar-refractivity contribution in [1.29, 1.82) is 0 Å². The molecular weight excluding hydrogens is 973 g/mol. The molecule has 1 atom stereocenters. The predicted molar refractivity (Wildman–Crippen MR) is 344 cm³/mol. The molecule has 1 unspecified atom stereocenters. The van der Waals surface area contributed by atoms with E-state index in [1.165, 1.54) is 289 Å². The lowest BCUT2D eigenvalue weighted by atomic mass is 10.0. The van der Waals surface area contributed by atoms with Gasteiger partial charge in [0.2, 0.25) is 0 Å². The number of rotatable bonds is 66. The number of ether oxygens (including phenoxy) is 3. The van der Waals surface area contributed by atoms with E-state index in [0.29, 0.717) is 19.3 Å². The summed E-state index contributed by atoms with van der Waals surface area (Å²) in [6.07, 6.45) is 84.6. The number of unbranched alkanes of at least 4 members (excludes halogenated alkanes) is 49. The lowest BCUT2D eigenvalue weighted by Crippen LogP contribution is -2.30. The molecule has 0 saturated carbocycles. The fraction of sp³-hybridized carbons (Fsp3) is 0.877. The van der Waals surface area contributed by atoms with E-state index in [1.807, 2.05) is 0 Å². The molecule has 0 heterocycles. The Bertz CT molecular complexity index is 1320. The smallest absolute Gasteiger partial charge is 0.306 e. The normalized spacial score (nSPS) is 12.2. The predicted octanol–water partition coefficient (Wildman–Crippen LogP) is 24.3. The first-order valence-corrected chi connectivity index (χ1v) is 35.5. The minimum absolute atomic E-state index is 0.0669. The van der Waals surface area contributed by atoms with Crippen LogP contribution < -0.4 is 0 Å². The molecule has 0 N–H and O–H groups in total. The monoisotopic (exact) mass is 1110 g/mol. The van der Waals surface area contributed by atoms with Gasteiger partial charge >= 0.3 is 17.9 Å². The van der Waals surface area contributed by atoms with Crippen molar-refractivity contribution in [2.24, 2.45) is 0 Å². The van der Waals surface area contributed by atoms with Crippen molar-refractivity contribution in [3.63, 3.8) is 0 Å². The van der Waals surface area contributed by atoms with Gasteiger partial charge in [0.05, 0.1) is 0 Å². The Labute approximate surface area is 493 Å². The van der Waals surface area contributed by atoms with Crippen LogP contribution in [0.25, 0.3) is 0 Å². The lowest BCUT2D eigenvalue weighted by Gasteiger charge is -2.18. The van der Waals surface area contributed by atoms with Gasteiger partial charge in [-0.3, -0.25) is 14.4 Å². The second-order valence-corrected chi connectivity index (χ2v) is 24.1. The van der Waals surface area contributed by atoms with Crippen molar-refractivity contribution in [3.05, 3.63) is 36.5 Å². The Morgan fingerprint density at radius 3 is 0.709 bits per heavy atom. The molecule has 79 heavy (non-hydrogen) atoms. The summed E-state index contributed by atoms with van der Waals surface area (Å²) in [7, 11) is 0. The van der Waals surface area contributed by atoms with E-state index in [2.05, 4.69) is 57.2 Å². The average Bonchev–Trinajstić information content (AvgIpc) is 3.45. The molecule has 0 fully saturated rings. The van der Waals surface area contributed by atoms with Crippen molar-refractivity contribution >= 4 is 17.9 Å². The minimum atomic E-state index is -0.770. The molecule has 0 aromatic carbocycles. The third-order valence-corrected chi connectivity index (χ3v) is 16.1. The van der Waals surface area contributed by atoms with E-state index in [-0.39, 0.29) is 31.1 Å². The third-order valence-electron chi connectivity index (χ3n) is 16.1. The van der Waals surface area contributed by atoms with Gasteiger partial charge in [-0.1, -0.05) is 333 Å². The second-order valence-electron chi connectivity index (χ2n) is 24.1. The molecular formula is C73H136O6. The van der Waals surface area contributed by atoms with Gasteiger partial charge < -0.3 is 14.2 Å². The Hall–Kier alpha value is -2.37. The van der Waals surface area contributed by atoms with Crippen molar-refractivity contribution in [2.45, 2.75) is 399 Å². The maximum absolute atomic E-state index is 12.9. The molecule has 0 radical (unpaired) electrons. The topological polar surface area (TPSA) is 78.9 Å². The standard InChI is InChI=1S/C73H136O6/c1-4-7-10-13-16-19-22-24-26-28-30-32-34-36-38-40-42-44-46-48-51-54-57-60-63-66-72(75)78-69-70(68-77-71(74)65-62-59-56-53-50-21-18-15-12-9-6-3)79-73(76)67-64-61-58-55-52-49-47-45-43-41-39-37-35-33-31-29-27-25-23-20-17-14-11-8-5-2/h22,24,28-31,70H,4-21,23,25-27,32-69H2,1-3H3/b24-22-,30-28-,31-29-. The van der Waals surface area contributed by atoms with E-state index in [0.717, 1.165) is 64.2 Å². The maximum Gasteiger partial charge on any atom is 0.306 e. The van der Waals surface area contributed by atoms with Crippen molar-refractivity contribution in [3.8, 4) is 0 Å². The number of carbonyl (C=O) groups is 3. The maximum atomic E-state index is 12.9. The summed E-state index contributed by atoms with van der Waals surface area (Å²) < 4.78 is 17.0. The van der Waals surface area contributed by atoms with Gasteiger partial charge in [0.25, 0.3) is 0 Å². The molecule has 0 saturated heterocycles. The summed E-state index contributed by atoms with van der Waals surface area (Å²) >= 11 is 0. The van der Waals surface area contributed by atoms with Crippen LogP contribution in [0.4, 0.5) is 0 Å². The van der Waals surface area contributed by atoms with Crippen LogP contribution in [-0.2, 0) is 28.6 Å². The van der Waals surface area contributed by atoms with Crippen LogP contribution in [0.15, 0.2) is 36.5 Å². The zero-order chi connectivity index (χ0) is 57.1.